The van der Waals surface area contributed by atoms with Crippen LogP contribution in [0.15, 0.2) is 35.4 Å². The van der Waals surface area contributed by atoms with Crippen molar-refractivity contribution in [1.82, 2.24) is 14.5 Å². The molecule has 7 heteroatoms. The lowest BCUT2D eigenvalue weighted by atomic mass is 10.2. The number of sulfonamides is 1. The maximum Gasteiger partial charge on any atom is 0.240 e. The predicted molar refractivity (Wildman–Crippen MR) is 81.2 cm³/mol. The van der Waals surface area contributed by atoms with Crippen LogP contribution in [0, 0.1) is 6.92 Å². The topological polar surface area (TPSA) is 90.0 Å². The van der Waals surface area contributed by atoms with Crippen molar-refractivity contribution in [2.45, 2.75) is 24.8 Å². The number of aryl methyl sites for hydroxylation is 2. The van der Waals surface area contributed by atoms with Crippen LogP contribution in [0.4, 0.5) is 0 Å². The Morgan fingerprint density at radius 3 is 2.48 bits per heavy atom. The first-order valence-electron chi connectivity index (χ1n) is 6.70. The smallest absolute Gasteiger partial charge is 0.240 e. The molecule has 0 spiro atoms. The Bertz CT molecular complexity index is 705. The molecule has 6 nitrogen and oxygen atoms in total. The average Bonchev–Trinajstić information content (AvgIpc) is 2.76. The summed E-state index contributed by atoms with van der Waals surface area (Å²) < 4.78 is 28.7. The van der Waals surface area contributed by atoms with Gasteiger partial charge >= 0.3 is 0 Å². The maximum absolute atomic E-state index is 12.2. The number of benzene rings is 1. The molecule has 0 saturated heterocycles. The van der Waals surface area contributed by atoms with Gasteiger partial charge in [0.15, 0.2) is 0 Å². The molecule has 114 valence electrons. The zero-order valence-electron chi connectivity index (χ0n) is 12.2. The van der Waals surface area contributed by atoms with Gasteiger partial charge in [-0.25, -0.2) is 13.1 Å². The Morgan fingerprint density at radius 2 is 1.95 bits per heavy atom. The normalized spacial score (nSPS) is 11.8. The lowest BCUT2D eigenvalue weighted by Crippen LogP contribution is -2.23. The fraction of sp³-hybridized carbons (Fsp3) is 0.357. The summed E-state index contributed by atoms with van der Waals surface area (Å²) in [6.07, 6.45) is 2.55. The van der Waals surface area contributed by atoms with E-state index in [1.807, 2.05) is 13.1 Å². The minimum Gasteiger partial charge on any atom is -0.330 e. The Kier molecular flexibility index (Phi) is 4.76. The first-order valence-corrected chi connectivity index (χ1v) is 8.18. The van der Waals surface area contributed by atoms with E-state index in [0.717, 1.165) is 23.2 Å². The molecule has 0 aliphatic carbocycles. The van der Waals surface area contributed by atoms with Crippen molar-refractivity contribution >= 4 is 10.0 Å². The van der Waals surface area contributed by atoms with Gasteiger partial charge in [-0.3, -0.25) is 4.68 Å². The van der Waals surface area contributed by atoms with E-state index in [4.69, 9.17) is 5.73 Å². The second kappa shape index (κ2) is 6.38. The molecule has 3 N–H and O–H groups in total. The highest BCUT2D eigenvalue weighted by Gasteiger charge is 2.14. The van der Waals surface area contributed by atoms with Crippen LogP contribution >= 0.6 is 0 Å². The highest BCUT2D eigenvalue weighted by molar-refractivity contribution is 7.89. The van der Waals surface area contributed by atoms with Gasteiger partial charge in [0.1, 0.15) is 0 Å². The van der Waals surface area contributed by atoms with E-state index in [-0.39, 0.29) is 11.4 Å². The van der Waals surface area contributed by atoms with E-state index in [1.54, 1.807) is 36.0 Å². The van der Waals surface area contributed by atoms with Crippen molar-refractivity contribution in [2.24, 2.45) is 12.8 Å². The molecule has 0 amide bonds. The Labute approximate surface area is 125 Å². The second-order valence-corrected chi connectivity index (χ2v) is 6.69. The van der Waals surface area contributed by atoms with Gasteiger partial charge in [-0.1, -0.05) is 12.1 Å². The van der Waals surface area contributed by atoms with E-state index in [9.17, 15) is 8.42 Å². The molecule has 1 aromatic carbocycles. The van der Waals surface area contributed by atoms with E-state index in [0.29, 0.717) is 6.54 Å². The van der Waals surface area contributed by atoms with Gasteiger partial charge in [-0.2, -0.15) is 5.10 Å². The molecular formula is C14H20N4O2S. The summed E-state index contributed by atoms with van der Waals surface area (Å²) in [6, 6.07) is 6.78. The van der Waals surface area contributed by atoms with Crippen LogP contribution in [0.25, 0.3) is 0 Å². The lowest BCUT2D eigenvalue weighted by Gasteiger charge is -2.07. The molecule has 21 heavy (non-hydrogen) atoms. The molecule has 0 aliphatic rings. The highest BCUT2D eigenvalue weighted by Crippen LogP contribution is 2.12. The molecule has 0 saturated carbocycles. The fourth-order valence-corrected chi connectivity index (χ4v) is 3.09. The third kappa shape index (κ3) is 3.90. The molecular weight excluding hydrogens is 288 g/mol. The largest absolute Gasteiger partial charge is 0.330 e. The van der Waals surface area contributed by atoms with Gasteiger partial charge < -0.3 is 5.73 Å². The lowest BCUT2D eigenvalue weighted by molar-refractivity contribution is 0.581. The van der Waals surface area contributed by atoms with Crippen molar-refractivity contribution in [3.8, 4) is 0 Å². The fourth-order valence-electron chi connectivity index (χ4n) is 2.08. The Balaban J connectivity index is 2.09. The van der Waals surface area contributed by atoms with Gasteiger partial charge in [0, 0.05) is 25.4 Å². The van der Waals surface area contributed by atoms with Gasteiger partial charge in [0.05, 0.1) is 10.6 Å². The standard InChI is InChI=1S/C14H20N4O2S/c1-11-13(10-18(2)17-11)9-16-21(19,20)14-5-3-12(4-6-14)7-8-15/h3-6,10,16H,7-9,15H2,1-2H3. The summed E-state index contributed by atoms with van der Waals surface area (Å²) in [6.45, 7) is 2.63. The highest BCUT2D eigenvalue weighted by atomic mass is 32.2. The van der Waals surface area contributed by atoms with Crippen LogP contribution in [0.2, 0.25) is 0 Å². The number of hydrogen-bond acceptors (Lipinski definition) is 4. The molecule has 2 rings (SSSR count). The second-order valence-electron chi connectivity index (χ2n) is 4.92. The van der Waals surface area contributed by atoms with Gasteiger partial charge in [0.2, 0.25) is 10.0 Å². The van der Waals surface area contributed by atoms with E-state index < -0.39 is 10.0 Å². The summed E-state index contributed by atoms with van der Waals surface area (Å²) >= 11 is 0. The van der Waals surface area contributed by atoms with E-state index in [1.165, 1.54) is 0 Å². The van der Waals surface area contributed by atoms with Crippen molar-refractivity contribution in [2.75, 3.05) is 6.54 Å². The molecule has 0 aliphatic heterocycles. The summed E-state index contributed by atoms with van der Waals surface area (Å²) in [5.74, 6) is 0. The van der Waals surface area contributed by atoms with Gasteiger partial charge in [0.25, 0.3) is 0 Å². The number of rotatable bonds is 6. The quantitative estimate of drug-likeness (QED) is 0.822. The number of hydrogen-bond donors (Lipinski definition) is 2. The maximum atomic E-state index is 12.2. The molecule has 2 aromatic rings. The third-order valence-corrected chi connectivity index (χ3v) is 4.65. The summed E-state index contributed by atoms with van der Waals surface area (Å²) in [5.41, 5.74) is 8.18. The summed E-state index contributed by atoms with van der Waals surface area (Å²) in [7, 11) is -1.71. The van der Waals surface area contributed by atoms with Crippen LogP contribution in [0.3, 0.4) is 0 Å². The summed E-state index contributed by atoms with van der Waals surface area (Å²) in [4.78, 5) is 0.254. The van der Waals surface area contributed by atoms with Gasteiger partial charge in [-0.05, 0) is 37.6 Å². The number of aromatic nitrogens is 2. The molecule has 1 heterocycles. The van der Waals surface area contributed by atoms with Crippen molar-refractivity contribution < 1.29 is 8.42 Å². The van der Waals surface area contributed by atoms with E-state index in [2.05, 4.69) is 9.82 Å². The molecule has 0 radical (unpaired) electrons. The van der Waals surface area contributed by atoms with Gasteiger partial charge in [-0.15, -0.1) is 0 Å². The van der Waals surface area contributed by atoms with Crippen LogP contribution < -0.4 is 10.5 Å². The third-order valence-electron chi connectivity index (χ3n) is 3.23. The minimum atomic E-state index is -3.52. The zero-order chi connectivity index (χ0) is 15.5. The van der Waals surface area contributed by atoms with E-state index >= 15 is 0 Å². The van der Waals surface area contributed by atoms with Crippen molar-refractivity contribution in [3.05, 3.63) is 47.3 Å². The molecule has 0 atom stereocenters. The molecule has 0 unspecified atom stereocenters. The Hall–Kier alpha value is -1.70. The average molecular weight is 308 g/mol. The monoisotopic (exact) mass is 308 g/mol. The van der Waals surface area contributed by atoms with Crippen molar-refractivity contribution in [1.29, 1.82) is 0 Å². The molecule has 0 fully saturated rings. The minimum absolute atomic E-state index is 0.229. The predicted octanol–water partition coefficient (Wildman–Crippen LogP) is 0.708. The number of nitrogens with one attached hydrogen (secondary N) is 1. The molecule has 0 bridgehead atoms. The van der Waals surface area contributed by atoms with Crippen molar-refractivity contribution in [3.63, 3.8) is 0 Å². The van der Waals surface area contributed by atoms with Crippen LogP contribution in [0.5, 0.6) is 0 Å². The van der Waals surface area contributed by atoms with Crippen LogP contribution in [0.1, 0.15) is 16.8 Å². The first-order chi connectivity index (χ1) is 9.92. The SMILES string of the molecule is Cc1nn(C)cc1CNS(=O)(=O)c1ccc(CCN)cc1. The Morgan fingerprint density at radius 1 is 1.29 bits per heavy atom. The zero-order valence-corrected chi connectivity index (χ0v) is 13.0. The summed E-state index contributed by atoms with van der Waals surface area (Å²) in [5, 5.41) is 4.19. The van der Waals surface area contributed by atoms with Crippen LogP contribution in [-0.2, 0) is 30.0 Å². The number of nitrogens with zero attached hydrogens (tertiary/aromatic N) is 2. The molecule has 1 aromatic heterocycles. The van der Waals surface area contributed by atoms with Crippen LogP contribution in [-0.4, -0.2) is 24.7 Å². The number of nitrogens with two attached hydrogens (primary N) is 1. The first kappa shape index (κ1) is 15.7.